The topological polar surface area (TPSA) is 82.3 Å². The van der Waals surface area contributed by atoms with Crippen LogP contribution in [0.3, 0.4) is 0 Å². The van der Waals surface area contributed by atoms with Crippen LogP contribution in [-0.4, -0.2) is 29.2 Å². The predicted molar refractivity (Wildman–Crippen MR) is 71.6 cm³/mol. The van der Waals surface area contributed by atoms with Gasteiger partial charge in [0.15, 0.2) is 0 Å². The highest BCUT2D eigenvalue weighted by molar-refractivity contribution is 5.34. The summed E-state index contributed by atoms with van der Waals surface area (Å²) in [5, 5.41) is 3.21. The van der Waals surface area contributed by atoms with Gasteiger partial charge in [-0.05, 0) is 0 Å². The molecule has 2 heterocycles. The van der Waals surface area contributed by atoms with Crippen molar-refractivity contribution in [3.63, 3.8) is 0 Å². The van der Waals surface area contributed by atoms with E-state index in [1.807, 2.05) is 6.92 Å². The maximum absolute atomic E-state index is 5.52. The molecule has 7 heteroatoms. The predicted octanol–water partition coefficient (Wildman–Crippen LogP) is 1.33. The van der Waals surface area contributed by atoms with Crippen LogP contribution in [0.1, 0.15) is 24.1 Å². The van der Waals surface area contributed by atoms with Crippen LogP contribution in [0.4, 0.5) is 0 Å². The fourth-order valence-corrected chi connectivity index (χ4v) is 1.77. The minimum Gasteiger partial charge on any atom is -0.481 e. The monoisotopic (exact) mass is 278 g/mol. The molecule has 2 rings (SSSR count). The lowest BCUT2D eigenvalue weighted by molar-refractivity contribution is 0.357. The number of nitrogens with one attached hydrogen (secondary N) is 1. The summed E-state index contributed by atoms with van der Waals surface area (Å²) < 4.78 is 15.9. The van der Waals surface area contributed by atoms with Crippen molar-refractivity contribution in [2.75, 3.05) is 14.2 Å². The summed E-state index contributed by atoms with van der Waals surface area (Å²) in [5.41, 5.74) is 0.764. The molecule has 0 amide bonds. The first-order valence-corrected chi connectivity index (χ1v) is 6.34. The van der Waals surface area contributed by atoms with Gasteiger partial charge < -0.3 is 19.2 Å². The summed E-state index contributed by atoms with van der Waals surface area (Å²) in [6, 6.07) is 0. The SMILES string of the molecule is CCc1cnc(CNCc2c(OC)ncnc2OC)o1. The van der Waals surface area contributed by atoms with E-state index in [0.717, 1.165) is 17.7 Å². The second-order valence-electron chi connectivity index (χ2n) is 4.05. The largest absolute Gasteiger partial charge is 0.481 e. The number of nitrogens with zero attached hydrogens (tertiary/aromatic N) is 3. The molecule has 0 fully saturated rings. The Bertz CT molecular complexity index is 534. The molecule has 0 aliphatic rings. The normalized spacial score (nSPS) is 10.6. The molecule has 0 atom stereocenters. The van der Waals surface area contributed by atoms with Crippen molar-refractivity contribution >= 4 is 0 Å². The number of hydrogen-bond donors (Lipinski definition) is 1. The van der Waals surface area contributed by atoms with Crippen LogP contribution < -0.4 is 14.8 Å². The third-order valence-corrected chi connectivity index (χ3v) is 2.78. The van der Waals surface area contributed by atoms with Crippen LogP contribution in [0.15, 0.2) is 16.9 Å². The molecule has 0 aromatic carbocycles. The third-order valence-electron chi connectivity index (χ3n) is 2.78. The first kappa shape index (κ1) is 14.3. The van der Waals surface area contributed by atoms with Crippen LogP contribution in [0.5, 0.6) is 11.8 Å². The van der Waals surface area contributed by atoms with Gasteiger partial charge in [0, 0.05) is 13.0 Å². The number of rotatable bonds is 7. The first-order valence-electron chi connectivity index (χ1n) is 6.34. The van der Waals surface area contributed by atoms with Crippen LogP contribution in [0, 0.1) is 0 Å². The highest BCUT2D eigenvalue weighted by Crippen LogP contribution is 2.22. The molecule has 0 bridgehead atoms. The minimum atomic E-state index is 0.492. The van der Waals surface area contributed by atoms with Crippen LogP contribution in [-0.2, 0) is 19.5 Å². The second-order valence-corrected chi connectivity index (χ2v) is 4.05. The Morgan fingerprint density at radius 2 is 1.80 bits per heavy atom. The van der Waals surface area contributed by atoms with E-state index in [2.05, 4.69) is 20.3 Å². The fraction of sp³-hybridized carbons (Fsp3) is 0.462. The number of aryl methyl sites for hydroxylation is 1. The maximum atomic E-state index is 5.52. The summed E-state index contributed by atoms with van der Waals surface area (Å²) in [4.78, 5) is 12.3. The molecular formula is C13H18N4O3. The zero-order valence-corrected chi connectivity index (χ0v) is 11.8. The summed E-state index contributed by atoms with van der Waals surface area (Å²) >= 11 is 0. The van der Waals surface area contributed by atoms with E-state index >= 15 is 0 Å². The van der Waals surface area contributed by atoms with Gasteiger partial charge in [0.1, 0.15) is 12.1 Å². The Hall–Kier alpha value is -2.15. The highest BCUT2D eigenvalue weighted by atomic mass is 16.5. The molecule has 0 aliphatic carbocycles. The summed E-state index contributed by atoms with van der Waals surface area (Å²) in [6.45, 7) is 3.03. The van der Waals surface area contributed by atoms with Crippen molar-refractivity contribution < 1.29 is 13.9 Å². The van der Waals surface area contributed by atoms with E-state index in [1.54, 1.807) is 20.4 Å². The number of oxazole rings is 1. The standard InChI is InChI=1S/C13H18N4O3/c1-4-9-5-15-11(20-9)7-14-6-10-12(18-2)16-8-17-13(10)19-3/h5,8,14H,4,6-7H2,1-3H3. The van der Waals surface area contributed by atoms with Gasteiger partial charge >= 0.3 is 0 Å². The number of hydrogen-bond acceptors (Lipinski definition) is 7. The number of aromatic nitrogens is 3. The molecule has 7 nitrogen and oxygen atoms in total. The van der Waals surface area contributed by atoms with Crippen LogP contribution in [0.25, 0.3) is 0 Å². The Morgan fingerprint density at radius 3 is 2.35 bits per heavy atom. The van der Waals surface area contributed by atoms with Crippen molar-refractivity contribution in [1.29, 1.82) is 0 Å². The average molecular weight is 278 g/mol. The Morgan fingerprint density at radius 1 is 1.10 bits per heavy atom. The zero-order valence-electron chi connectivity index (χ0n) is 11.8. The zero-order chi connectivity index (χ0) is 14.4. The molecule has 0 aliphatic heterocycles. The van der Waals surface area contributed by atoms with E-state index in [1.165, 1.54) is 6.33 Å². The van der Waals surface area contributed by atoms with Gasteiger partial charge in [-0.25, -0.2) is 15.0 Å². The van der Waals surface area contributed by atoms with E-state index in [-0.39, 0.29) is 0 Å². The van der Waals surface area contributed by atoms with Gasteiger partial charge in [-0.1, -0.05) is 6.92 Å². The van der Waals surface area contributed by atoms with Crippen molar-refractivity contribution in [3.05, 3.63) is 29.7 Å². The Balaban J connectivity index is 1.99. The van der Waals surface area contributed by atoms with E-state index in [9.17, 15) is 0 Å². The lowest BCUT2D eigenvalue weighted by Gasteiger charge is -2.10. The molecule has 20 heavy (non-hydrogen) atoms. The van der Waals surface area contributed by atoms with Crippen molar-refractivity contribution in [3.8, 4) is 11.8 Å². The lowest BCUT2D eigenvalue weighted by atomic mass is 10.3. The van der Waals surface area contributed by atoms with Gasteiger partial charge in [0.2, 0.25) is 17.7 Å². The van der Waals surface area contributed by atoms with Crippen LogP contribution >= 0.6 is 0 Å². The molecule has 2 aromatic rings. The average Bonchev–Trinajstić information content (AvgIpc) is 2.95. The molecule has 0 saturated carbocycles. The number of methoxy groups -OCH3 is 2. The molecular weight excluding hydrogens is 260 g/mol. The van der Waals surface area contributed by atoms with Crippen LogP contribution in [0.2, 0.25) is 0 Å². The molecule has 2 aromatic heterocycles. The summed E-state index contributed by atoms with van der Waals surface area (Å²) in [5.74, 6) is 2.51. The lowest BCUT2D eigenvalue weighted by Crippen LogP contribution is -2.15. The summed E-state index contributed by atoms with van der Waals surface area (Å²) in [6.07, 6.45) is 3.98. The van der Waals surface area contributed by atoms with Crippen molar-refractivity contribution in [2.45, 2.75) is 26.4 Å². The van der Waals surface area contributed by atoms with E-state index in [0.29, 0.717) is 30.7 Å². The molecule has 1 N–H and O–H groups in total. The minimum absolute atomic E-state index is 0.492. The van der Waals surface area contributed by atoms with Gasteiger partial charge in [0.25, 0.3) is 0 Å². The van der Waals surface area contributed by atoms with Crippen molar-refractivity contribution in [1.82, 2.24) is 20.3 Å². The quantitative estimate of drug-likeness (QED) is 0.818. The molecule has 0 saturated heterocycles. The third kappa shape index (κ3) is 3.24. The fourth-order valence-electron chi connectivity index (χ4n) is 1.77. The summed E-state index contributed by atoms with van der Waals surface area (Å²) in [7, 11) is 3.12. The number of ether oxygens (including phenoxy) is 2. The van der Waals surface area contributed by atoms with Gasteiger partial charge in [-0.2, -0.15) is 0 Å². The Kier molecular flexibility index (Phi) is 4.89. The molecule has 0 radical (unpaired) electrons. The van der Waals surface area contributed by atoms with Crippen molar-refractivity contribution in [2.24, 2.45) is 0 Å². The smallest absolute Gasteiger partial charge is 0.224 e. The van der Waals surface area contributed by atoms with Gasteiger partial charge in [-0.15, -0.1) is 0 Å². The molecule has 0 spiro atoms. The van der Waals surface area contributed by atoms with E-state index < -0.39 is 0 Å². The van der Waals surface area contributed by atoms with E-state index in [4.69, 9.17) is 13.9 Å². The maximum Gasteiger partial charge on any atom is 0.224 e. The Labute approximate surface area is 117 Å². The molecule has 108 valence electrons. The second kappa shape index (κ2) is 6.85. The molecule has 0 unspecified atom stereocenters. The van der Waals surface area contributed by atoms with Gasteiger partial charge in [-0.3, -0.25) is 0 Å². The highest BCUT2D eigenvalue weighted by Gasteiger charge is 2.12. The first-order chi connectivity index (χ1) is 9.78. The van der Waals surface area contributed by atoms with Gasteiger partial charge in [0.05, 0.1) is 32.5 Å².